The number of nitriles is 2. The number of hydrogen-bond donors (Lipinski definition) is 0. The van der Waals surface area contributed by atoms with E-state index in [0.29, 0.717) is 17.2 Å². The average molecular weight is 281 g/mol. The van der Waals surface area contributed by atoms with Gasteiger partial charge in [-0.05, 0) is 44.8 Å². The highest BCUT2D eigenvalue weighted by molar-refractivity contribution is 5.56. The van der Waals surface area contributed by atoms with E-state index in [0.717, 1.165) is 31.7 Å². The van der Waals surface area contributed by atoms with Crippen LogP contribution in [0.1, 0.15) is 36.8 Å². The predicted octanol–water partition coefficient (Wildman–Crippen LogP) is 1.89. The molecule has 1 aromatic heterocycles. The molecule has 0 atom stereocenters. The summed E-state index contributed by atoms with van der Waals surface area (Å²) in [5.41, 5.74) is 0.955. The van der Waals surface area contributed by atoms with Gasteiger partial charge in [0.15, 0.2) is 0 Å². The number of aromatic nitrogens is 1. The molecule has 5 heteroatoms. The molecule has 3 rings (SSSR count). The maximum atomic E-state index is 9.26. The van der Waals surface area contributed by atoms with E-state index in [1.807, 2.05) is 6.07 Å². The van der Waals surface area contributed by atoms with E-state index >= 15 is 0 Å². The Labute approximate surface area is 125 Å². The van der Waals surface area contributed by atoms with Crippen LogP contribution in [0.15, 0.2) is 12.3 Å². The van der Waals surface area contributed by atoms with Gasteiger partial charge in [0, 0.05) is 25.3 Å². The fraction of sp³-hybridized carbons (Fsp3) is 0.562. The van der Waals surface area contributed by atoms with E-state index < -0.39 is 0 Å². The minimum Gasteiger partial charge on any atom is -0.355 e. The summed E-state index contributed by atoms with van der Waals surface area (Å²) in [6.07, 6.45) is 6.48. The van der Waals surface area contributed by atoms with E-state index in [1.165, 1.54) is 25.9 Å². The first kappa shape index (κ1) is 13.9. The first-order chi connectivity index (χ1) is 10.3. The van der Waals surface area contributed by atoms with Crippen molar-refractivity contribution in [3.05, 3.63) is 23.4 Å². The Bertz CT molecular complexity index is 584. The second-order valence-corrected chi connectivity index (χ2v) is 5.78. The number of anilines is 1. The molecule has 3 heterocycles. The van der Waals surface area contributed by atoms with Crippen molar-refractivity contribution in [1.82, 2.24) is 9.88 Å². The first-order valence-corrected chi connectivity index (χ1v) is 7.61. The highest BCUT2D eigenvalue weighted by Crippen LogP contribution is 2.26. The maximum absolute atomic E-state index is 9.26. The summed E-state index contributed by atoms with van der Waals surface area (Å²) in [7, 11) is 0. The Kier molecular flexibility index (Phi) is 4.03. The van der Waals surface area contributed by atoms with Gasteiger partial charge < -0.3 is 9.80 Å². The van der Waals surface area contributed by atoms with E-state index in [9.17, 15) is 5.26 Å². The molecule has 0 spiro atoms. The number of likely N-dealkylation sites (tertiary alicyclic amines) is 1. The number of hydrogen-bond acceptors (Lipinski definition) is 5. The summed E-state index contributed by atoms with van der Waals surface area (Å²) >= 11 is 0. The zero-order valence-electron chi connectivity index (χ0n) is 12.1. The first-order valence-electron chi connectivity index (χ1n) is 7.61. The maximum Gasteiger partial charge on any atom is 0.146 e. The standard InChI is InChI=1S/C16H19N5/c17-10-13-9-14(11-18)16(19-12-13)21-7-3-15(4-8-21)20-5-1-2-6-20/h9,12,15H,1-8H2. The van der Waals surface area contributed by atoms with Crippen molar-refractivity contribution in [2.75, 3.05) is 31.1 Å². The molecule has 2 fully saturated rings. The number of pyridine rings is 1. The fourth-order valence-corrected chi connectivity index (χ4v) is 3.40. The quantitative estimate of drug-likeness (QED) is 0.828. The minimum atomic E-state index is 0.447. The SMILES string of the molecule is N#Cc1cnc(N2CCC(N3CCCC3)CC2)c(C#N)c1. The van der Waals surface area contributed by atoms with Crippen molar-refractivity contribution in [2.24, 2.45) is 0 Å². The molecule has 0 radical (unpaired) electrons. The summed E-state index contributed by atoms with van der Waals surface area (Å²) in [5, 5.41) is 18.2. The van der Waals surface area contributed by atoms with E-state index in [2.05, 4.69) is 20.9 Å². The summed E-state index contributed by atoms with van der Waals surface area (Å²) in [6.45, 7) is 4.36. The van der Waals surface area contributed by atoms with Gasteiger partial charge in [-0.15, -0.1) is 0 Å². The normalized spacial score (nSPS) is 20.2. The monoisotopic (exact) mass is 281 g/mol. The van der Waals surface area contributed by atoms with Gasteiger partial charge in [0.05, 0.1) is 11.1 Å². The molecule has 0 aliphatic carbocycles. The summed E-state index contributed by atoms with van der Waals surface area (Å²) in [5.74, 6) is 0.733. The summed E-state index contributed by atoms with van der Waals surface area (Å²) in [4.78, 5) is 9.13. The molecule has 1 aromatic rings. The molecule has 0 aromatic carbocycles. The molecule has 108 valence electrons. The van der Waals surface area contributed by atoms with Crippen LogP contribution in [-0.4, -0.2) is 42.1 Å². The molecule has 2 aliphatic heterocycles. The molecule has 2 saturated heterocycles. The number of piperidine rings is 1. The van der Waals surface area contributed by atoms with Crippen LogP contribution in [0.4, 0.5) is 5.82 Å². The van der Waals surface area contributed by atoms with Gasteiger partial charge in [-0.2, -0.15) is 10.5 Å². The van der Waals surface area contributed by atoms with Gasteiger partial charge in [-0.3, -0.25) is 0 Å². The lowest BCUT2D eigenvalue weighted by Crippen LogP contribution is -2.44. The Morgan fingerprint density at radius 1 is 1.05 bits per heavy atom. The Balaban J connectivity index is 1.69. The summed E-state index contributed by atoms with van der Waals surface area (Å²) in [6, 6.07) is 6.53. The van der Waals surface area contributed by atoms with Gasteiger partial charge in [0.25, 0.3) is 0 Å². The van der Waals surface area contributed by atoms with Crippen molar-refractivity contribution in [3.8, 4) is 12.1 Å². The fourth-order valence-electron chi connectivity index (χ4n) is 3.40. The van der Waals surface area contributed by atoms with E-state index in [-0.39, 0.29) is 0 Å². The van der Waals surface area contributed by atoms with Crippen molar-refractivity contribution in [3.63, 3.8) is 0 Å². The van der Waals surface area contributed by atoms with Crippen LogP contribution >= 0.6 is 0 Å². The molecule has 0 unspecified atom stereocenters. The molecule has 0 N–H and O–H groups in total. The third-order valence-electron chi connectivity index (χ3n) is 4.54. The van der Waals surface area contributed by atoms with Gasteiger partial charge in [0.2, 0.25) is 0 Å². The van der Waals surface area contributed by atoms with Crippen LogP contribution in [0.25, 0.3) is 0 Å². The topological polar surface area (TPSA) is 67.0 Å². The second-order valence-electron chi connectivity index (χ2n) is 5.78. The number of rotatable bonds is 2. The zero-order valence-corrected chi connectivity index (χ0v) is 12.1. The third kappa shape index (κ3) is 2.84. The van der Waals surface area contributed by atoms with Crippen LogP contribution < -0.4 is 4.90 Å². The van der Waals surface area contributed by atoms with Crippen molar-refractivity contribution in [1.29, 1.82) is 10.5 Å². The predicted molar refractivity (Wildman–Crippen MR) is 79.7 cm³/mol. The van der Waals surface area contributed by atoms with Crippen LogP contribution in [0.5, 0.6) is 0 Å². The lowest BCUT2D eigenvalue weighted by molar-refractivity contribution is 0.207. The highest BCUT2D eigenvalue weighted by atomic mass is 15.2. The second kappa shape index (κ2) is 6.11. The average Bonchev–Trinajstić information content (AvgIpc) is 3.09. The molecule has 2 aliphatic rings. The Hall–Kier alpha value is -2.11. The minimum absolute atomic E-state index is 0.447. The molecule has 0 amide bonds. The summed E-state index contributed by atoms with van der Waals surface area (Å²) < 4.78 is 0. The van der Waals surface area contributed by atoms with E-state index in [1.54, 1.807) is 12.3 Å². The Morgan fingerprint density at radius 3 is 2.38 bits per heavy atom. The molecule has 0 saturated carbocycles. The molecule has 0 bridgehead atoms. The van der Waals surface area contributed by atoms with Crippen LogP contribution in [0.2, 0.25) is 0 Å². The van der Waals surface area contributed by atoms with Crippen LogP contribution in [-0.2, 0) is 0 Å². The highest BCUT2D eigenvalue weighted by Gasteiger charge is 2.27. The molecule has 21 heavy (non-hydrogen) atoms. The van der Waals surface area contributed by atoms with Gasteiger partial charge in [-0.25, -0.2) is 4.98 Å². The third-order valence-corrected chi connectivity index (χ3v) is 4.54. The lowest BCUT2D eigenvalue weighted by Gasteiger charge is -2.37. The van der Waals surface area contributed by atoms with Gasteiger partial charge >= 0.3 is 0 Å². The van der Waals surface area contributed by atoms with Gasteiger partial charge in [-0.1, -0.05) is 0 Å². The largest absolute Gasteiger partial charge is 0.355 e. The van der Waals surface area contributed by atoms with Gasteiger partial charge in [0.1, 0.15) is 18.0 Å². The van der Waals surface area contributed by atoms with Crippen molar-refractivity contribution in [2.45, 2.75) is 31.7 Å². The zero-order chi connectivity index (χ0) is 14.7. The Morgan fingerprint density at radius 2 is 1.76 bits per heavy atom. The molecule has 5 nitrogen and oxygen atoms in total. The van der Waals surface area contributed by atoms with E-state index in [4.69, 9.17) is 5.26 Å². The molecular formula is C16H19N5. The van der Waals surface area contributed by atoms with Crippen molar-refractivity contribution >= 4 is 5.82 Å². The number of nitrogens with zero attached hydrogens (tertiary/aromatic N) is 5. The van der Waals surface area contributed by atoms with Crippen LogP contribution in [0, 0.1) is 22.7 Å². The lowest BCUT2D eigenvalue weighted by atomic mass is 10.0. The van der Waals surface area contributed by atoms with Crippen LogP contribution in [0.3, 0.4) is 0 Å². The van der Waals surface area contributed by atoms with Crippen molar-refractivity contribution < 1.29 is 0 Å². The smallest absolute Gasteiger partial charge is 0.146 e. The molecular weight excluding hydrogens is 262 g/mol.